The largest absolute Gasteiger partial charge is 0.341 e. The second kappa shape index (κ2) is 5.82. The molecule has 0 atom stereocenters. The molecule has 0 spiro atoms. The van der Waals surface area contributed by atoms with Crippen molar-refractivity contribution in [3.05, 3.63) is 41.6 Å². The second-order valence-corrected chi connectivity index (χ2v) is 5.87. The van der Waals surface area contributed by atoms with Gasteiger partial charge in [-0.05, 0) is 49.9 Å². The van der Waals surface area contributed by atoms with Crippen molar-refractivity contribution in [3.8, 4) is 11.3 Å². The van der Waals surface area contributed by atoms with Gasteiger partial charge in [0.15, 0.2) is 0 Å². The zero-order valence-electron chi connectivity index (χ0n) is 12.7. The summed E-state index contributed by atoms with van der Waals surface area (Å²) >= 11 is 0. The van der Waals surface area contributed by atoms with E-state index in [0.717, 1.165) is 43.1 Å². The quantitative estimate of drug-likeness (QED) is 0.920. The third kappa shape index (κ3) is 3.05. The maximum Gasteiger partial charge on any atom is 0.225 e. The molecule has 0 bridgehead atoms. The van der Waals surface area contributed by atoms with Crippen LogP contribution in [-0.4, -0.2) is 29.1 Å². The van der Waals surface area contributed by atoms with E-state index >= 15 is 0 Å². The monoisotopic (exact) mass is 282 g/mol. The van der Waals surface area contributed by atoms with Crippen LogP contribution in [0.1, 0.15) is 24.0 Å². The van der Waals surface area contributed by atoms with Gasteiger partial charge < -0.3 is 10.6 Å². The summed E-state index contributed by atoms with van der Waals surface area (Å²) in [7, 11) is 0. The topological polar surface area (TPSA) is 55.0 Å². The Balaban J connectivity index is 1.87. The summed E-state index contributed by atoms with van der Waals surface area (Å²) in [5, 5.41) is 0. The van der Waals surface area contributed by atoms with Gasteiger partial charge in [0.2, 0.25) is 5.95 Å². The van der Waals surface area contributed by atoms with Crippen LogP contribution in [0.3, 0.4) is 0 Å². The van der Waals surface area contributed by atoms with Crippen molar-refractivity contribution >= 4 is 5.95 Å². The number of anilines is 1. The van der Waals surface area contributed by atoms with Gasteiger partial charge in [-0.2, -0.15) is 0 Å². The molecule has 1 aliphatic heterocycles. The number of hydrogen-bond acceptors (Lipinski definition) is 4. The summed E-state index contributed by atoms with van der Waals surface area (Å²) < 4.78 is 0. The van der Waals surface area contributed by atoms with E-state index in [2.05, 4.69) is 41.9 Å². The number of aryl methyl sites for hydroxylation is 2. The van der Waals surface area contributed by atoms with Gasteiger partial charge in [0.1, 0.15) is 0 Å². The number of nitrogens with zero attached hydrogens (tertiary/aromatic N) is 3. The van der Waals surface area contributed by atoms with E-state index in [1.807, 2.05) is 12.3 Å². The summed E-state index contributed by atoms with van der Waals surface area (Å²) in [5.74, 6) is 0.817. The molecule has 1 fully saturated rings. The van der Waals surface area contributed by atoms with E-state index in [1.54, 1.807) is 0 Å². The van der Waals surface area contributed by atoms with E-state index in [9.17, 15) is 0 Å². The summed E-state index contributed by atoms with van der Waals surface area (Å²) in [4.78, 5) is 11.4. The number of piperidine rings is 1. The number of rotatable bonds is 2. The van der Waals surface area contributed by atoms with E-state index in [-0.39, 0.29) is 0 Å². The van der Waals surface area contributed by atoms with E-state index in [4.69, 9.17) is 10.7 Å². The van der Waals surface area contributed by atoms with Gasteiger partial charge in [0, 0.05) is 30.9 Å². The SMILES string of the molecule is Cc1ccc(-c2ccnc(N3CCC(N)CC3)n2)cc1C. The first kappa shape index (κ1) is 14.0. The van der Waals surface area contributed by atoms with E-state index in [1.165, 1.54) is 11.1 Å². The first-order valence-corrected chi connectivity index (χ1v) is 7.54. The Labute approximate surface area is 126 Å². The van der Waals surface area contributed by atoms with Crippen LogP contribution < -0.4 is 10.6 Å². The molecule has 0 saturated carbocycles. The molecule has 0 radical (unpaired) electrons. The van der Waals surface area contributed by atoms with Crippen LogP contribution in [0.4, 0.5) is 5.95 Å². The van der Waals surface area contributed by atoms with Crippen molar-refractivity contribution in [1.29, 1.82) is 0 Å². The highest BCUT2D eigenvalue weighted by Crippen LogP contribution is 2.23. The average Bonchev–Trinajstić information content (AvgIpc) is 2.51. The van der Waals surface area contributed by atoms with Gasteiger partial charge >= 0.3 is 0 Å². The van der Waals surface area contributed by atoms with Gasteiger partial charge in [-0.3, -0.25) is 0 Å². The Bertz CT molecular complexity index is 630. The van der Waals surface area contributed by atoms with Crippen LogP contribution >= 0.6 is 0 Å². The fourth-order valence-corrected chi connectivity index (χ4v) is 2.66. The normalized spacial score (nSPS) is 16.2. The Hall–Kier alpha value is -1.94. The zero-order chi connectivity index (χ0) is 14.8. The maximum absolute atomic E-state index is 5.96. The van der Waals surface area contributed by atoms with Crippen LogP contribution in [0.25, 0.3) is 11.3 Å². The van der Waals surface area contributed by atoms with Crippen LogP contribution in [0.5, 0.6) is 0 Å². The lowest BCUT2D eigenvalue weighted by molar-refractivity contribution is 0.495. The van der Waals surface area contributed by atoms with Crippen molar-refractivity contribution < 1.29 is 0 Å². The zero-order valence-corrected chi connectivity index (χ0v) is 12.7. The molecule has 0 aliphatic carbocycles. The lowest BCUT2D eigenvalue weighted by Gasteiger charge is -2.30. The Morgan fingerprint density at radius 1 is 1.10 bits per heavy atom. The van der Waals surface area contributed by atoms with E-state index < -0.39 is 0 Å². The van der Waals surface area contributed by atoms with Gasteiger partial charge in [0.25, 0.3) is 0 Å². The molecule has 4 heteroatoms. The highest BCUT2D eigenvalue weighted by molar-refractivity contribution is 5.62. The highest BCUT2D eigenvalue weighted by atomic mass is 15.3. The maximum atomic E-state index is 5.96. The van der Waals surface area contributed by atoms with Crippen LogP contribution in [0.15, 0.2) is 30.5 Å². The molecule has 0 unspecified atom stereocenters. The number of benzene rings is 1. The van der Waals surface area contributed by atoms with Crippen LogP contribution in [0, 0.1) is 13.8 Å². The van der Waals surface area contributed by atoms with Gasteiger partial charge in [-0.1, -0.05) is 12.1 Å². The molecule has 1 aromatic heterocycles. The Morgan fingerprint density at radius 2 is 1.86 bits per heavy atom. The molecule has 2 N–H and O–H groups in total. The molecule has 0 amide bonds. The highest BCUT2D eigenvalue weighted by Gasteiger charge is 2.18. The number of nitrogens with two attached hydrogens (primary N) is 1. The minimum absolute atomic E-state index is 0.323. The minimum atomic E-state index is 0.323. The molecule has 21 heavy (non-hydrogen) atoms. The molecule has 2 heterocycles. The molecule has 2 aromatic rings. The molecule has 110 valence electrons. The Morgan fingerprint density at radius 3 is 2.57 bits per heavy atom. The van der Waals surface area contributed by atoms with Gasteiger partial charge in [0.05, 0.1) is 5.69 Å². The summed E-state index contributed by atoms with van der Waals surface area (Å²) in [6.45, 7) is 6.14. The predicted octanol–water partition coefficient (Wildman–Crippen LogP) is 2.69. The molecular formula is C17H22N4. The first-order chi connectivity index (χ1) is 10.1. The number of hydrogen-bond donors (Lipinski definition) is 1. The predicted molar refractivity (Wildman–Crippen MR) is 86.4 cm³/mol. The van der Waals surface area contributed by atoms with Crippen molar-refractivity contribution in [2.45, 2.75) is 32.7 Å². The molecule has 1 aliphatic rings. The minimum Gasteiger partial charge on any atom is -0.341 e. The van der Waals surface area contributed by atoms with Crippen LogP contribution in [-0.2, 0) is 0 Å². The van der Waals surface area contributed by atoms with E-state index in [0.29, 0.717) is 6.04 Å². The molecular weight excluding hydrogens is 260 g/mol. The fourth-order valence-electron chi connectivity index (χ4n) is 2.66. The van der Waals surface area contributed by atoms with Crippen molar-refractivity contribution in [1.82, 2.24) is 9.97 Å². The van der Waals surface area contributed by atoms with Crippen molar-refractivity contribution in [2.24, 2.45) is 5.73 Å². The lowest BCUT2D eigenvalue weighted by atomic mass is 10.0. The molecule has 3 rings (SSSR count). The van der Waals surface area contributed by atoms with Gasteiger partial charge in [-0.15, -0.1) is 0 Å². The standard InChI is InChI=1S/C17H22N4/c1-12-3-4-14(11-13(12)2)16-5-8-19-17(20-16)21-9-6-15(18)7-10-21/h3-5,8,11,15H,6-7,9-10,18H2,1-2H3. The third-order valence-corrected chi connectivity index (χ3v) is 4.27. The fraction of sp³-hybridized carbons (Fsp3) is 0.412. The third-order valence-electron chi connectivity index (χ3n) is 4.27. The molecule has 4 nitrogen and oxygen atoms in total. The molecule has 1 aromatic carbocycles. The summed E-state index contributed by atoms with van der Waals surface area (Å²) in [6.07, 6.45) is 3.87. The smallest absolute Gasteiger partial charge is 0.225 e. The van der Waals surface area contributed by atoms with Crippen LogP contribution in [0.2, 0.25) is 0 Å². The summed E-state index contributed by atoms with van der Waals surface area (Å²) in [5.41, 5.74) is 10.7. The first-order valence-electron chi connectivity index (χ1n) is 7.54. The lowest BCUT2D eigenvalue weighted by Crippen LogP contribution is -2.40. The number of aromatic nitrogens is 2. The average molecular weight is 282 g/mol. The Kier molecular flexibility index (Phi) is 3.88. The second-order valence-electron chi connectivity index (χ2n) is 5.87. The van der Waals surface area contributed by atoms with Crippen molar-refractivity contribution in [3.63, 3.8) is 0 Å². The summed E-state index contributed by atoms with van der Waals surface area (Å²) in [6, 6.07) is 8.76. The van der Waals surface area contributed by atoms with Gasteiger partial charge in [-0.25, -0.2) is 9.97 Å². The molecule has 1 saturated heterocycles. The van der Waals surface area contributed by atoms with Crippen molar-refractivity contribution in [2.75, 3.05) is 18.0 Å².